The normalized spacial score (nSPS) is 20.2. The topological polar surface area (TPSA) is 52.5 Å². The summed E-state index contributed by atoms with van der Waals surface area (Å²) >= 11 is 0. The second-order valence-corrected chi connectivity index (χ2v) is 5.40. The van der Waals surface area contributed by atoms with Crippen molar-refractivity contribution in [2.75, 3.05) is 19.7 Å². The zero-order valence-corrected chi connectivity index (χ0v) is 10.8. The van der Waals surface area contributed by atoms with E-state index < -0.39 is 5.60 Å². The molecule has 0 unspecified atom stereocenters. The average molecular weight is 229 g/mol. The van der Waals surface area contributed by atoms with Crippen LogP contribution in [0.1, 0.15) is 52.4 Å². The number of hydrogen-bond acceptors (Lipinski definition) is 3. The smallest absolute Gasteiger partial charge is 0.0771 e. The Morgan fingerprint density at radius 3 is 2.19 bits per heavy atom. The van der Waals surface area contributed by atoms with Gasteiger partial charge in [0.25, 0.3) is 0 Å². The summed E-state index contributed by atoms with van der Waals surface area (Å²) in [5.41, 5.74) is -0.488. The van der Waals surface area contributed by atoms with E-state index in [4.69, 9.17) is 0 Å². The summed E-state index contributed by atoms with van der Waals surface area (Å²) in [7, 11) is 0. The fourth-order valence-corrected chi connectivity index (χ4v) is 2.55. The van der Waals surface area contributed by atoms with E-state index in [0.29, 0.717) is 6.54 Å². The van der Waals surface area contributed by atoms with Gasteiger partial charge >= 0.3 is 0 Å². The van der Waals surface area contributed by atoms with Gasteiger partial charge in [0.1, 0.15) is 0 Å². The lowest BCUT2D eigenvalue weighted by molar-refractivity contribution is 0.0393. The molecule has 0 radical (unpaired) electrons. The molecule has 0 aromatic rings. The molecule has 3 heteroatoms. The van der Waals surface area contributed by atoms with Crippen molar-refractivity contribution in [3.05, 3.63) is 0 Å². The number of hydrogen-bond donors (Lipinski definition) is 3. The molecule has 0 bridgehead atoms. The van der Waals surface area contributed by atoms with Crippen molar-refractivity contribution in [1.82, 2.24) is 5.32 Å². The fourth-order valence-electron chi connectivity index (χ4n) is 2.55. The predicted molar refractivity (Wildman–Crippen MR) is 66.4 cm³/mol. The van der Waals surface area contributed by atoms with Crippen LogP contribution in [0.25, 0.3) is 0 Å². The molecule has 0 aliphatic heterocycles. The van der Waals surface area contributed by atoms with Gasteiger partial charge in [0.2, 0.25) is 0 Å². The molecule has 1 saturated carbocycles. The minimum Gasteiger partial charge on any atom is -0.396 e. The Bertz CT molecular complexity index is 188. The molecule has 1 aliphatic rings. The molecule has 96 valence electrons. The van der Waals surface area contributed by atoms with Crippen molar-refractivity contribution in [2.24, 2.45) is 5.41 Å². The molecule has 0 spiro atoms. The minimum atomic E-state index is -0.483. The summed E-state index contributed by atoms with van der Waals surface area (Å²) in [6.45, 7) is 5.94. The highest BCUT2D eigenvalue weighted by Gasteiger charge is 2.32. The first-order valence-corrected chi connectivity index (χ1v) is 6.64. The Kier molecular flexibility index (Phi) is 5.22. The van der Waals surface area contributed by atoms with Crippen molar-refractivity contribution in [3.63, 3.8) is 0 Å². The highest BCUT2D eigenvalue weighted by atomic mass is 16.3. The number of aliphatic hydroxyl groups is 2. The van der Waals surface area contributed by atoms with Gasteiger partial charge in [0, 0.05) is 25.1 Å². The molecule has 0 heterocycles. The second-order valence-electron chi connectivity index (χ2n) is 5.40. The third-order valence-electron chi connectivity index (χ3n) is 4.32. The maximum atomic E-state index is 10.2. The Morgan fingerprint density at radius 2 is 1.75 bits per heavy atom. The molecule has 0 aromatic carbocycles. The van der Waals surface area contributed by atoms with Gasteiger partial charge < -0.3 is 15.5 Å². The van der Waals surface area contributed by atoms with Crippen molar-refractivity contribution in [2.45, 2.75) is 58.0 Å². The van der Waals surface area contributed by atoms with Crippen LogP contribution in [0.5, 0.6) is 0 Å². The second kappa shape index (κ2) is 5.99. The monoisotopic (exact) mass is 229 g/mol. The summed E-state index contributed by atoms with van der Waals surface area (Å²) in [6.07, 6.45) is 6.08. The van der Waals surface area contributed by atoms with Crippen LogP contribution in [-0.2, 0) is 0 Å². The predicted octanol–water partition coefficient (Wildman–Crippen LogP) is 1.68. The lowest BCUT2D eigenvalue weighted by atomic mass is 9.83. The van der Waals surface area contributed by atoms with E-state index in [2.05, 4.69) is 19.2 Å². The third-order valence-corrected chi connectivity index (χ3v) is 4.32. The fraction of sp³-hybridized carbons (Fsp3) is 1.00. The van der Waals surface area contributed by atoms with Crippen LogP contribution in [0.15, 0.2) is 0 Å². The van der Waals surface area contributed by atoms with Gasteiger partial charge in [-0.25, -0.2) is 0 Å². The first-order chi connectivity index (χ1) is 7.60. The van der Waals surface area contributed by atoms with E-state index in [1.165, 1.54) is 0 Å². The first-order valence-electron chi connectivity index (χ1n) is 6.64. The zero-order valence-electron chi connectivity index (χ0n) is 10.8. The maximum Gasteiger partial charge on any atom is 0.0771 e. The van der Waals surface area contributed by atoms with Crippen LogP contribution in [0, 0.1) is 5.41 Å². The van der Waals surface area contributed by atoms with Crippen molar-refractivity contribution >= 4 is 0 Å². The highest BCUT2D eigenvalue weighted by Crippen LogP contribution is 2.29. The van der Waals surface area contributed by atoms with Gasteiger partial charge in [-0.1, -0.05) is 26.7 Å². The number of aliphatic hydroxyl groups excluding tert-OH is 1. The van der Waals surface area contributed by atoms with Crippen molar-refractivity contribution in [3.8, 4) is 0 Å². The first kappa shape index (κ1) is 13.9. The lowest BCUT2D eigenvalue weighted by Crippen LogP contribution is -2.44. The molecule has 16 heavy (non-hydrogen) atoms. The summed E-state index contributed by atoms with van der Waals surface area (Å²) in [6, 6.07) is 0. The summed E-state index contributed by atoms with van der Waals surface area (Å²) in [4.78, 5) is 0. The lowest BCUT2D eigenvalue weighted by Gasteiger charge is -2.32. The van der Waals surface area contributed by atoms with E-state index >= 15 is 0 Å². The van der Waals surface area contributed by atoms with Crippen LogP contribution in [-0.4, -0.2) is 35.5 Å². The Hall–Kier alpha value is -0.120. The van der Waals surface area contributed by atoms with Gasteiger partial charge in [-0.3, -0.25) is 0 Å². The van der Waals surface area contributed by atoms with E-state index in [1.54, 1.807) is 0 Å². The third kappa shape index (κ3) is 3.44. The minimum absolute atomic E-state index is 0.00500. The van der Waals surface area contributed by atoms with Crippen LogP contribution >= 0.6 is 0 Å². The van der Waals surface area contributed by atoms with Gasteiger partial charge in [-0.05, 0) is 25.7 Å². The van der Waals surface area contributed by atoms with Crippen molar-refractivity contribution < 1.29 is 10.2 Å². The summed E-state index contributed by atoms with van der Waals surface area (Å²) < 4.78 is 0. The molecule has 1 aliphatic carbocycles. The Labute approximate surface area is 99.3 Å². The Morgan fingerprint density at radius 1 is 1.19 bits per heavy atom. The zero-order chi connectivity index (χ0) is 12.1. The molecular formula is C13H27NO2. The standard InChI is InChI=1S/C13H27NO2/c1-3-12(4-2,11-15)9-14-10-13(16)7-5-6-8-13/h14-16H,3-11H2,1-2H3. The number of rotatable bonds is 7. The largest absolute Gasteiger partial charge is 0.396 e. The molecule has 0 saturated heterocycles. The van der Waals surface area contributed by atoms with Crippen LogP contribution < -0.4 is 5.32 Å². The quantitative estimate of drug-likeness (QED) is 0.622. The van der Waals surface area contributed by atoms with E-state index in [9.17, 15) is 10.2 Å². The van der Waals surface area contributed by atoms with Crippen molar-refractivity contribution in [1.29, 1.82) is 0 Å². The maximum absolute atomic E-state index is 10.2. The van der Waals surface area contributed by atoms with E-state index in [-0.39, 0.29) is 12.0 Å². The molecule has 1 rings (SSSR count). The SMILES string of the molecule is CCC(CC)(CO)CNCC1(O)CCCC1. The average Bonchev–Trinajstić information content (AvgIpc) is 2.73. The molecule has 0 amide bonds. The van der Waals surface area contributed by atoms with Gasteiger partial charge in [-0.15, -0.1) is 0 Å². The molecule has 3 nitrogen and oxygen atoms in total. The van der Waals surface area contributed by atoms with E-state index in [1.807, 2.05) is 0 Å². The van der Waals surface area contributed by atoms with E-state index in [0.717, 1.165) is 45.1 Å². The summed E-state index contributed by atoms with van der Waals surface area (Å²) in [5.74, 6) is 0. The molecule has 0 atom stereocenters. The molecule has 0 aromatic heterocycles. The molecule has 3 N–H and O–H groups in total. The van der Waals surface area contributed by atoms with Crippen LogP contribution in [0.3, 0.4) is 0 Å². The molecular weight excluding hydrogens is 202 g/mol. The van der Waals surface area contributed by atoms with Crippen LogP contribution in [0.4, 0.5) is 0 Å². The summed E-state index contributed by atoms with van der Waals surface area (Å²) in [5, 5.41) is 23.0. The Balaban J connectivity index is 2.32. The number of nitrogens with one attached hydrogen (secondary N) is 1. The molecule has 1 fully saturated rings. The van der Waals surface area contributed by atoms with Crippen LogP contribution in [0.2, 0.25) is 0 Å². The van der Waals surface area contributed by atoms with Gasteiger partial charge in [-0.2, -0.15) is 0 Å². The van der Waals surface area contributed by atoms with Gasteiger partial charge in [0.05, 0.1) is 5.60 Å². The highest BCUT2D eigenvalue weighted by molar-refractivity contribution is 4.88. The van der Waals surface area contributed by atoms with Gasteiger partial charge in [0.15, 0.2) is 0 Å².